The molecule has 0 spiro atoms. The summed E-state index contributed by atoms with van der Waals surface area (Å²) in [5, 5.41) is 2.97. The minimum Gasteiger partial charge on any atom is -0.497 e. The van der Waals surface area contributed by atoms with Gasteiger partial charge in [-0.1, -0.05) is 12.1 Å². The van der Waals surface area contributed by atoms with Crippen molar-refractivity contribution >= 4 is 12.1 Å². The molecule has 0 unspecified atom stereocenters. The molecule has 1 aliphatic rings. The Kier molecular flexibility index (Phi) is 8.32. The average molecular weight is 407 g/mol. The van der Waals surface area contributed by atoms with E-state index in [0.717, 1.165) is 24.2 Å². The van der Waals surface area contributed by atoms with Crippen molar-refractivity contribution in [1.82, 2.24) is 10.2 Å². The average Bonchev–Trinajstić information content (AvgIpc) is 2.63. The largest absolute Gasteiger partial charge is 0.497 e. The number of benzene rings is 1. The van der Waals surface area contributed by atoms with Crippen molar-refractivity contribution in [1.29, 1.82) is 0 Å². The van der Waals surface area contributed by atoms with Gasteiger partial charge in [-0.05, 0) is 58.2 Å². The van der Waals surface area contributed by atoms with Crippen molar-refractivity contribution in [2.24, 2.45) is 0 Å². The van der Waals surface area contributed by atoms with Crippen LogP contribution in [0.1, 0.15) is 52.5 Å². The van der Waals surface area contributed by atoms with Crippen LogP contribution >= 0.6 is 0 Å². The molecule has 0 bridgehead atoms. The second-order valence-electron chi connectivity index (χ2n) is 8.36. The number of esters is 1. The normalized spacial score (nSPS) is 20.0. The number of rotatable bonds is 7. The Labute approximate surface area is 173 Å². The molecule has 2 atom stereocenters. The van der Waals surface area contributed by atoms with Crippen LogP contribution in [-0.4, -0.2) is 54.9 Å². The minimum absolute atomic E-state index is 0.0263. The first-order chi connectivity index (χ1) is 13.7. The molecular formula is C22H34N2O5. The molecule has 1 aromatic carbocycles. The molecule has 1 fully saturated rings. The van der Waals surface area contributed by atoms with E-state index in [9.17, 15) is 9.59 Å². The summed E-state index contributed by atoms with van der Waals surface area (Å²) in [6.07, 6.45) is 1.54. The SMILES string of the molecule is CCOC(=O)C[C@H]1CC[C@@H](NC(=O)OC(C)(C)C)CN1Cc1ccc(OC)cc1. The quantitative estimate of drug-likeness (QED) is 0.699. The lowest BCUT2D eigenvalue weighted by atomic mass is 9.95. The van der Waals surface area contributed by atoms with Crippen LogP contribution in [0, 0.1) is 0 Å². The van der Waals surface area contributed by atoms with Gasteiger partial charge in [0.05, 0.1) is 20.1 Å². The molecule has 7 heteroatoms. The Bertz CT molecular complexity index is 669. The molecule has 0 aliphatic carbocycles. The maximum atomic E-state index is 12.2. The number of likely N-dealkylation sites (tertiary alicyclic amines) is 1. The fourth-order valence-electron chi connectivity index (χ4n) is 3.49. The lowest BCUT2D eigenvalue weighted by Gasteiger charge is -2.39. The third-order valence-corrected chi connectivity index (χ3v) is 4.79. The number of methoxy groups -OCH3 is 1. The lowest BCUT2D eigenvalue weighted by molar-refractivity contribution is -0.145. The van der Waals surface area contributed by atoms with Crippen LogP contribution < -0.4 is 10.1 Å². The fourth-order valence-corrected chi connectivity index (χ4v) is 3.49. The van der Waals surface area contributed by atoms with Crippen LogP contribution in [0.4, 0.5) is 4.79 Å². The van der Waals surface area contributed by atoms with E-state index in [1.165, 1.54) is 0 Å². The third kappa shape index (κ3) is 7.93. The van der Waals surface area contributed by atoms with Gasteiger partial charge < -0.3 is 19.5 Å². The van der Waals surface area contributed by atoms with E-state index in [4.69, 9.17) is 14.2 Å². The van der Waals surface area contributed by atoms with Crippen LogP contribution in [0.2, 0.25) is 0 Å². The number of carbonyl (C=O) groups is 2. The first-order valence-electron chi connectivity index (χ1n) is 10.2. The van der Waals surface area contributed by atoms with Crippen molar-refractivity contribution in [2.45, 2.75) is 71.2 Å². The summed E-state index contributed by atoms with van der Waals surface area (Å²) in [5.41, 5.74) is 0.589. The second-order valence-corrected chi connectivity index (χ2v) is 8.36. The van der Waals surface area contributed by atoms with Gasteiger partial charge in [0.15, 0.2) is 0 Å². The highest BCUT2D eigenvalue weighted by atomic mass is 16.6. The Hall–Kier alpha value is -2.28. The molecule has 1 aliphatic heterocycles. The van der Waals surface area contributed by atoms with E-state index in [2.05, 4.69) is 10.2 Å². The fraction of sp³-hybridized carbons (Fsp3) is 0.636. The van der Waals surface area contributed by atoms with Gasteiger partial charge in [0, 0.05) is 25.2 Å². The summed E-state index contributed by atoms with van der Waals surface area (Å²) < 4.78 is 15.8. The number of ether oxygens (including phenoxy) is 3. The Morgan fingerprint density at radius 1 is 1.17 bits per heavy atom. The summed E-state index contributed by atoms with van der Waals surface area (Å²) >= 11 is 0. The molecule has 0 aromatic heterocycles. The van der Waals surface area contributed by atoms with Gasteiger partial charge in [-0.2, -0.15) is 0 Å². The molecule has 0 radical (unpaired) electrons. The number of carbonyl (C=O) groups excluding carboxylic acids is 2. The van der Waals surface area contributed by atoms with Gasteiger partial charge in [0.2, 0.25) is 0 Å². The zero-order valence-corrected chi connectivity index (χ0v) is 18.2. The number of amides is 1. The van der Waals surface area contributed by atoms with Gasteiger partial charge in [-0.25, -0.2) is 4.79 Å². The van der Waals surface area contributed by atoms with Gasteiger partial charge in [0.1, 0.15) is 11.4 Å². The first-order valence-corrected chi connectivity index (χ1v) is 10.2. The number of nitrogens with one attached hydrogen (secondary N) is 1. The van der Waals surface area contributed by atoms with Crippen LogP contribution in [0.15, 0.2) is 24.3 Å². The molecule has 29 heavy (non-hydrogen) atoms. The van der Waals surface area contributed by atoms with Crippen molar-refractivity contribution in [3.8, 4) is 5.75 Å². The van der Waals surface area contributed by atoms with E-state index in [0.29, 0.717) is 26.1 Å². The highest BCUT2D eigenvalue weighted by molar-refractivity contribution is 5.70. The molecule has 0 saturated carbocycles. The maximum absolute atomic E-state index is 12.2. The summed E-state index contributed by atoms with van der Waals surface area (Å²) in [4.78, 5) is 26.5. The Morgan fingerprint density at radius 2 is 1.86 bits per heavy atom. The molecule has 1 amide bonds. The summed E-state index contributed by atoms with van der Waals surface area (Å²) in [7, 11) is 1.64. The highest BCUT2D eigenvalue weighted by Crippen LogP contribution is 2.24. The zero-order valence-electron chi connectivity index (χ0n) is 18.2. The van der Waals surface area contributed by atoms with Gasteiger partial charge in [-0.3, -0.25) is 9.69 Å². The molecule has 162 valence electrons. The van der Waals surface area contributed by atoms with E-state index in [1.54, 1.807) is 7.11 Å². The predicted octanol–water partition coefficient (Wildman–Crippen LogP) is 3.51. The van der Waals surface area contributed by atoms with E-state index in [1.807, 2.05) is 52.0 Å². The molecule has 1 aromatic rings. The van der Waals surface area contributed by atoms with Crippen LogP contribution in [0.5, 0.6) is 5.75 Å². The second kappa shape index (κ2) is 10.5. The summed E-state index contributed by atoms with van der Waals surface area (Å²) in [6.45, 7) is 9.06. The molecule has 1 N–H and O–H groups in total. The number of piperidine rings is 1. The van der Waals surface area contributed by atoms with Gasteiger partial charge in [-0.15, -0.1) is 0 Å². The number of hydrogen-bond acceptors (Lipinski definition) is 6. The molecule has 2 rings (SSSR count). The van der Waals surface area contributed by atoms with Crippen LogP contribution in [-0.2, 0) is 20.8 Å². The first kappa shape index (κ1) is 23.0. The third-order valence-electron chi connectivity index (χ3n) is 4.79. The minimum atomic E-state index is -0.534. The van der Waals surface area contributed by atoms with Crippen molar-refractivity contribution in [2.75, 3.05) is 20.3 Å². The van der Waals surface area contributed by atoms with E-state index < -0.39 is 11.7 Å². The summed E-state index contributed by atoms with van der Waals surface area (Å²) in [5.74, 6) is 0.621. The Balaban J connectivity index is 2.05. The van der Waals surface area contributed by atoms with E-state index in [-0.39, 0.29) is 18.1 Å². The smallest absolute Gasteiger partial charge is 0.407 e. The standard InChI is InChI=1S/C22H34N2O5/c1-6-28-20(25)13-18-10-9-17(23-21(26)29-22(2,3)4)15-24(18)14-16-7-11-19(27-5)12-8-16/h7-8,11-12,17-18H,6,9-10,13-15H2,1-5H3,(H,23,26)/t17-,18-/m1/s1. The molecular weight excluding hydrogens is 372 g/mol. The molecule has 7 nitrogen and oxygen atoms in total. The number of hydrogen-bond donors (Lipinski definition) is 1. The van der Waals surface area contributed by atoms with Crippen molar-refractivity contribution in [3.05, 3.63) is 29.8 Å². The maximum Gasteiger partial charge on any atom is 0.407 e. The van der Waals surface area contributed by atoms with Crippen LogP contribution in [0.25, 0.3) is 0 Å². The molecule has 1 heterocycles. The highest BCUT2D eigenvalue weighted by Gasteiger charge is 2.31. The van der Waals surface area contributed by atoms with Crippen molar-refractivity contribution in [3.63, 3.8) is 0 Å². The van der Waals surface area contributed by atoms with Crippen LogP contribution in [0.3, 0.4) is 0 Å². The molecule has 1 saturated heterocycles. The number of nitrogens with zero attached hydrogens (tertiary/aromatic N) is 1. The predicted molar refractivity (Wildman–Crippen MR) is 111 cm³/mol. The zero-order chi connectivity index (χ0) is 21.4. The topological polar surface area (TPSA) is 77.1 Å². The number of alkyl carbamates (subject to hydrolysis) is 1. The van der Waals surface area contributed by atoms with E-state index >= 15 is 0 Å². The lowest BCUT2D eigenvalue weighted by Crippen LogP contribution is -2.52. The monoisotopic (exact) mass is 406 g/mol. The summed E-state index contributed by atoms with van der Waals surface area (Å²) in [6, 6.07) is 7.94. The van der Waals surface area contributed by atoms with Gasteiger partial charge >= 0.3 is 12.1 Å². The van der Waals surface area contributed by atoms with Gasteiger partial charge in [0.25, 0.3) is 0 Å². The van der Waals surface area contributed by atoms with Crippen molar-refractivity contribution < 1.29 is 23.8 Å². The Morgan fingerprint density at radius 3 is 2.45 bits per heavy atom.